The summed E-state index contributed by atoms with van der Waals surface area (Å²) >= 11 is 5.90. The molecule has 0 saturated heterocycles. The molecule has 0 spiro atoms. The van der Waals surface area contributed by atoms with Gasteiger partial charge in [-0.05, 0) is 24.5 Å². The Morgan fingerprint density at radius 3 is 2.32 bits per heavy atom. The van der Waals surface area contributed by atoms with Crippen molar-refractivity contribution in [2.45, 2.75) is 31.2 Å². The molecule has 0 amide bonds. The third-order valence-corrected chi connectivity index (χ3v) is 4.92. The van der Waals surface area contributed by atoms with E-state index in [0.717, 1.165) is 13.2 Å². The van der Waals surface area contributed by atoms with Gasteiger partial charge in [-0.25, -0.2) is 13.2 Å². The monoisotopic (exact) mass is 393 g/mol. The molecule has 0 heterocycles. The second-order valence-corrected chi connectivity index (χ2v) is 7.74. The zero-order chi connectivity index (χ0) is 19.4. The third-order valence-electron chi connectivity index (χ3n) is 3.22. The number of carbonyl (C=O) groups excluding carboxylic acids is 1. The summed E-state index contributed by atoms with van der Waals surface area (Å²) in [6.45, 7) is 3.53. The first-order valence-electron chi connectivity index (χ1n) is 7.24. The summed E-state index contributed by atoms with van der Waals surface area (Å²) in [4.78, 5) is 22.7. The van der Waals surface area contributed by atoms with Crippen molar-refractivity contribution in [3.63, 3.8) is 0 Å². The Morgan fingerprint density at radius 1 is 1.28 bits per heavy atom. The van der Waals surface area contributed by atoms with Gasteiger partial charge in [-0.3, -0.25) is 4.79 Å². The first kappa shape index (κ1) is 21.2. The van der Waals surface area contributed by atoms with Gasteiger partial charge >= 0.3 is 11.9 Å². The molecule has 0 aromatic heterocycles. The fourth-order valence-electron chi connectivity index (χ4n) is 2.16. The van der Waals surface area contributed by atoms with Crippen LogP contribution in [0.4, 0.5) is 0 Å². The lowest BCUT2D eigenvalue weighted by Gasteiger charge is -2.19. The maximum Gasteiger partial charge on any atom is 0.341 e. The van der Waals surface area contributed by atoms with E-state index in [1.54, 1.807) is 13.8 Å². The van der Waals surface area contributed by atoms with E-state index in [-0.39, 0.29) is 28.7 Å². The smallest absolute Gasteiger partial charge is 0.341 e. The number of carboxylic acid groups (broad SMARTS) is 1. The molecule has 0 saturated carbocycles. The highest BCUT2D eigenvalue weighted by atomic mass is 35.5. The van der Waals surface area contributed by atoms with Crippen LogP contribution in [0.2, 0.25) is 5.02 Å². The van der Waals surface area contributed by atoms with Crippen molar-refractivity contribution < 1.29 is 32.6 Å². The van der Waals surface area contributed by atoms with Gasteiger partial charge in [-0.1, -0.05) is 25.4 Å². The van der Waals surface area contributed by atoms with Gasteiger partial charge in [0.05, 0.1) is 14.2 Å². The van der Waals surface area contributed by atoms with Crippen molar-refractivity contribution >= 4 is 33.6 Å². The first-order chi connectivity index (χ1) is 11.5. The van der Waals surface area contributed by atoms with E-state index in [4.69, 9.17) is 16.3 Å². The maximum atomic E-state index is 12.7. The Bertz CT molecular complexity index is 761. The summed E-state index contributed by atoms with van der Waals surface area (Å²) < 4.78 is 37.0. The highest BCUT2D eigenvalue weighted by Gasteiger charge is 2.31. The normalized spacial score (nSPS) is 12.7. The molecule has 0 aliphatic carbocycles. The van der Waals surface area contributed by atoms with Crippen molar-refractivity contribution in [1.29, 1.82) is 0 Å². The lowest BCUT2D eigenvalue weighted by Crippen LogP contribution is -2.41. The number of esters is 1. The molecule has 0 aliphatic heterocycles. The summed E-state index contributed by atoms with van der Waals surface area (Å²) in [6, 6.07) is 0.938. The summed E-state index contributed by atoms with van der Waals surface area (Å²) in [7, 11) is -2.03. The molecule has 1 rings (SSSR count). The number of ether oxygens (including phenoxy) is 2. The molecule has 0 aliphatic rings. The molecular formula is C15H20ClNO7S. The fourth-order valence-corrected chi connectivity index (χ4v) is 3.86. The molecule has 1 aromatic rings. The van der Waals surface area contributed by atoms with E-state index >= 15 is 0 Å². The predicted octanol–water partition coefficient (Wildman–Crippen LogP) is 1.91. The van der Waals surface area contributed by atoms with Crippen molar-refractivity contribution in [2.24, 2.45) is 5.92 Å². The molecule has 140 valence electrons. The van der Waals surface area contributed by atoms with Crippen molar-refractivity contribution in [3.05, 3.63) is 22.7 Å². The molecule has 1 aromatic carbocycles. The number of carboxylic acids is 1. The van der Waals surface area contributed by atoms with Crippen molar-refractivity contribution in [1.82, 2.24) is 4.72 Å². The van der Waals surface area contributed by atoms with Crippen LogP contribution in [-0.2, 0) is 19.6 Å². The van der Waals surface area contributed by atoms with Gasteiger partial charge < -0.3 is 14.6 Å². The first-order valence-corrected chi connectivity index (χ1v) is 9.10. The fraction of sp³-hybridized carbons (Fsp3) is 0.467. The Morgan fingerprint density at radius 2 is 1.88 bits per heavy atom. The number of methoxy groups -OCH3 is 2. The standard InChI is InChI=1S/C15H20ClNO7S/c1-8(2)5-11(14(18)19)17-25(21,22)12-7-9(16)6-10(13(12)23-3)15(20)24-4/h6-8,11,17H,5H2,1-4H3,(H,18,19). The van der Waals surface area contributed by atoms with Gasteiger partial charge in [0.2, 0.25) is 10.0 Å². The molecule has 0 fully saturated rings. The SMILES string of the molecule is COC(=O)c1cc(Cl)cc(S(=O)(=O)NC(CC(C)C)C(=O)O)c1OC. The minimum absolute atomic E-state index is 0.0442. The van der Waals surface area contributed by atoms with Gasteiger partial charge in [-0.2, -0.15) is 4.72 Å². The quantitative estimate of drug-likeness (QED) is 0.647. The molecule has 1 atom stereocenters. The maximum absolute atomic E-state index is 12.7. The Labute approximate surface area is 151 Å². The summed E-state index contributed by atoms with van der Waals surface area (Å²) in [6.07, 6.45) is 0.0846. The number of hydrogen-bond acceptors (Lipinski definition) is 6. The molecule has 10 heteroatoms. The van der Waals surface area contributed by atoms with Crippen LogP contribution in [0, 0.1) is 5.92 Å². The number of aliphatic carboxylic acids is 1. The predicted molar refractivity (Wildman–Crippen MR) is 90.5 cm³/mol. The van der Waals surface area contributed by atoms with Crippen LogP contribution in [0.25, 0.3) is 0 Å². The van der Waals surface area contributed by atoms with Crippen LogP contribution in [-0.4, -0.2) is 45.7 Å². The number of halogens is 1. The molecule has 1 unspecified atom stereocenters. The number of hydrogen-bond donors (Lipinski definition) is 2. The third kappa shape index (κ3) is 5.32. The largest absolute Gasteiger partial charge is 0.494 e. The van der Waals surface area contributed by atoms with Gasteiger partial charge in [0.25, 0.3) is 0 Å². The zero-order valence-electron chi connectivity index (χ0n) is 14.2. The number of nitrogens with one attached hydrogen (secondary N) is 1. The average molecular weight is 394 g/mol. The highest BCUT2D eigenvalue weighted by molar-refractivity contribution is 7.89. The number of carbonyl (C=O) groups is 2. The summed E-state index contributed by atoms with van der Waals surface area (Å²) in [5, 5.41) is 9.19. The highest BCUT2D eigenvalue weighted by Crippen LogP contribution is 2.32. The number of sulfonamides is 1. The molecule has 0 radical (unpaired) electrons. The minimum atomic E-state index is -4.33. The topological polar surface area (TPSA) is 119 Å². The van der Waals surface area contributed by atoms with Gasteiger partial charge in [0.15, 0.2) is 5.75 Å². The number of rotatable bonds is 8. The van der Waals surface area contributed by atoms with Crippen LogP contribution in [0.15, 0.2) is 17.0 Å². The number of benzene rings is 1. The van der Waals surface area contributed by atoms with E-state index in [2.05, 4.69) is 9.46 Å². The zero-order valence-corrected chi connectivity index (χ0v) is 15.8. The van der Waals surface area contributed by atoms with Crippen molar-refractivity contribution in [3.8, 4) is 5.75 Å². The molecule has 8 nitrogen and oxygen atoms in total. The Kier molecular flexibility index (Phi) is 7.21. The average Bonchev–Trinajstić information content (AvgIpc) is 2.51. The van der Waals surface area contributed by atoms with Crippen LogP contribution < -0.4 is 9.46 Å². The van der Waals surface area contributed by atoms with Crippen LogP contribution >= 0.6 is 11.6 Å². The summed E-state index contributed by atoms with van der Waals surface area (Å²) in [5.41, 5.74) is -0.186. The van der Waals surface area contributed by atoms with E-state index in [1.165, 1.54) is 13.2 Å². The Balaban J connectivity index is 3.44. The molecule has 2 N–H and O–H groups in total. The second-order valence-electron chi connectivity index (χ2n) is 5.62. The van der Waals surface area contributed by atoms with Gasteiger partial charge in [0.1, 0.15) is 16.5 Å². The van der Waals surface area contributed by atoms with Crippen LogP contribution in [0.3, 0.4) is 0 Å². The van der Waals surface area contributed by atoms with Crippen LogP contribution in [0.5, 0.6) is 5.75 Å². The van der Waals surface area contributed by atoms with Gasteiger partial charge in [-0.15, -0.1) is 0 Å². The van der Waals surface area contributed by atoms with E-state index in [1.807, 2.05) is 0 Å². The van der Waals surface area contributed by atoms with Crippen molar-refractivity contribution in [2.75, 3.05) is 14.2 Å². The van der Waals surface area contributed by atoms with E-state index < -0.39 is 32.9 Å². The molecule has 25 heavy (non-hydrogen) atoms. The molecule has 0 bridgehead atoms. The lowest BCUT2D eigenvalue weighted by atomic mass is 10.1. The van der Waals surface area contributed by atoms with E-state index in [9.17, 15) is 23.1 Å². The molecular weight excluding hydrogens is 374 g/mol. The van der Waals surface area contributed by atoms with Gasteiger partial charge in [0, 0.05) is 5.02 Å². The Hall–Kier alpha value is -1.84. The second kappa shape index (κ2) is 8.50. The minimum Gasteiger partial charge on any atom is -0.494 e. The summed E-state index contributed by atoms with van der Waals surface area (Å²) in [5.74, 6) is -2.49. The van der Waals surface area contributed by atoms with Crippen LogP contribution in [0.1, 0.15) is 30.6 Å². The lowest BCUT2D eigenvalue weighted by molar-refractivity contribution is -0.139. The van der Waals surface area contributed by atoms with E-state index in [0.29, 0.717) is 0 Å².